The number of aliphatic carboxylic acids is 1. The van der Waals surface area contributed by atoms with Gasteiger partial charge in [0.05, 0.1) is 23.3 Å². The summed E-state index contributed by atoms with van der Waals surface area (Å²) in [6, 6.07) is 9.53. The van der Waals surface area contributed by atoms with E-state index in [1.54, 1.807) is 24.7 Å². The predicted molar refractivity (Wildman–Crippen MR) is 95.2 cm³/mol. The zero-order chi connectivity index (χ0) is 18.7. The lowest BCUT2D eigenvalue weighted by Crippen LogP contribution is -2.33. The predicted octanol–water partition coefficient (Wildman–Crippen LogP) is 2.06. The number of carboxylic acid groups (broad SMARTS) is 1. The van der Waals surface area contributed by atoms with Crippen LogP contribution in [0.1, 0.15) is 29.5 Å². The van der Waals surface area contributed by atoms with Crippen LogP contribution in [0.25, 0.3) is 16.6 Å². The Balaban J connectivity index is 1.97. The molecule has 0 saturated carbocycles. The number of pyridine rings is 1. The number of carboxylic acids is 1. The average Bonchev–Trinajstić information content (AvgIpc) is 3.02. The fourth-order valence-corrected chi connectivity index (χ4v) is 2.80. The molecule has 0 aliphatic carbocycles. The highest BCUT2D eigenvalue weighted by Gasteiger charge is 2.23. The van der Waals surface area contributed by atoms with Crippen molar-refractivity contribution < 1.29 is 14.7 Å². The minimum atomic E-state index is -0.946. The number of nitrogens with zero attached hydrogens (tertiary/aromatic N) is 5. The third-order valence-electron chi connectivity index (χ3n) is 4.20. The minimum Gasteiger partial charge on any atom is -0.481 e. The number of aromatic nitrogens is 4. The first-order chi connectivity index (χ1) is 12.5. The summed E-state index contributed by atoms with van der Waals surface area (Å²) in [6.45, 7) is 4.09. The molecule has 0 radical (unpaired) electrons. The van der Waals surface area contributed by atoms with Gasteiger partial charge in [-0.2, -0.15) is 0 Å². The summed E-state index contributed by atoms with van der Waals surface area (Å²) in [5.41, 5.74) is 2.30. The number of carbonyl (C=O) groups excluding carboxylic acids is 1. The second-order valence-electron chi connectivity index (χ2n) is 5.82. The summed E-state index contributed by atoms with van der Waals surface area (Å²) in [7, 11) is 0. The summed E-state index contributed by atoms with van der Waals surface area (Å²) >= 11 is 0. The van der Waals surface area contributed by atoms with Crippen LogP contribution in [-0.4, -0.2) is 55.0 Å². The lowest BCUT2D eigenvalue weighted by Gasteiger charge is -2.18. The number of amides is 1. The summed E-state index contributed by atoms with van der Waals surface area (Å²) < 4.78 is 1.59. The molecule has 1 N–H and O–H groups in total. The molecule has 3 aromatic rings. The molecule has 1 amide bonds. The summed E-state index contributed by atoms with van der Waals surface area (Å²) in [5, 5.41) is 18.0. The summed E-state index contributed by atoms with van der Waals surface area (Å²) in [4.78, 5) is 29.4. The molecule has 2 aromatic heterocycles. The van der Waals surface area contributed by atoms with Gasteiger partial charge in [0.2, 0.25) is 0 Å². The topological polar surface area (TPSA) is 101 Å². The minimum absolute atomic E-state index is 0.111. The van der Waals surface area contributed by atoms with Gasteiger partial charge in [-0.3, -0.25) is 14.6 Å². The van der Waals surface area contributed by atoms with Gasteiger partial charge in [0.15, 0.2) is 5.69 Å². The van der Waals surface area contributed by atoms with Crippen LogP contribution in [0, 0.1) is 6.92 Å². The van der Waals surface area contributed by atoms with Gasteiger partial charge in [0.1, 0.15) is 0 Å². The lowest BCUT2D eigenvalue weighted by atomic mass is 10.2. The molecule has 8 nitrogen and oxygen atoms in total. The fraction of sp³-hybridized carbons (Fsp3) is 0.278. The van der Waals surface area contributed by atoms with Crippen molar-refractivity contribution in [3.8, 4) is 5.69 Å². The van der Waals surface area contributed by atoms with E-state index < -0.39 is 5.97 Å². The van der Waals surface area contributed by atoms with Gasteiger partial charge in [-0.15, -0.1) is 5.10 Å². The van der Waals surface area contributed by atoms with Crippen LogP contribution in [-0.2, 0) is 4.79 Å². The van der Waals surface area contributed by atoms with Crippen molar-refractivity contribution >= 4 is 22.8 Å². The smallest absolute Gasteiger partial charge is 0.305 e. The van der Waals surface area contributed by atoms with E-state index in [2.05, 4.69) is 15.3 Å². The highest BCUT2D eigenvalue weighted by Crippen LogP contribution is 2.21. The number of fused-ring (bicyclic) bond motifs is 1. The van der Waals surface area contributed by atoms with Crippen molar-refractivity contribution in [3.05, 3.63) is 47.9 Å². The Bertz CT molecular complexity index is 961. The van der Waals surface area contributed by atoms with Crippen molar-refractivity contribution in [1.82, 2.24) is 24.9 Å². The second-order valence-corrected chi connectivity index (χ2v) is 5.82. The molecule has 0 fully saturated rings. The molecule has 0 unspecified atom stereocenters. The van der Waals surface area contributed by atoms with Gasteiger partial charge >= 0.3 is 5.97 Å². The Morgan fingerprint density at radius 1 is 1.23 bits per heavy atom. The van der Waals surface area contributed by atoms with Crippen LogP contribution in [0.2, 0.25) is 0 Å². The van der Waals surface area contributed by atoms with Crippen molar-refractivity contribution in [2.24, 2.45) is 0 Å². The Labute approximate surface area is 150 Å². The largest absolute Gasteiger partial charge is 0.481 e. The Hall–Kier alpha value is -3.29. The maximum Gasteiger partial charge on any atom is 0.305 e. The van der Waals surface area contributed by atoms with Gasteiger partial charge in [-0.25, -0.2) is 4.68 Å². The first kappa shape index (κ1) is 17.5. The first-order valence-corrected chi connectivity index (χ1v) is 8.30. The first-order valence-electron chi connectivity index (χ1n) is 8.30. The van der Waals surface area contributed by atoms with E-state index in [9.17, 15) is 9.59 Å². The Morgan fingerprint density at radius 2 is 2.00 bits per heavy atom. The molecule has 0 saturated heterocycles. The number of rotatable bonds is 6. The van der Waals surface area contributed by atoms with Gasteiger partial charge < -0.3 is 10.0 Å². The van der Waals surface area contributed by atoms with Crippen molar-refractivity contribution in [2.45, 2.75) is 20.3 Å². The molecule has 0 aliphatic heterocycles. The molecule has 0 bridgehead atoms. The molecular weight excluding hydrogens is 334 g/mol. The van der Waals surface area contributed by atoms with Gasteiger partial charge in [0.25, 0.3) is 5.91 Å². The molecule has 3 rings (SSSR count). The van der Waals surface area contributed by atoms with Crippen LogP contribution >= 0.6 is 0 Å². The van der Waals surface area contributed by atoms with Crippen LogP contribution in [0.15, 0.2) is 36.5 Å². The third kappa shape index (κ3) is 3.26. The fourth-order valence-electron chi connectivity index (χ4n) is 2.80. The second kappa shape index (κ2) is 7.30. The van der Waals surface area contributed by atoms with Crippen LogP contribution in [0.4, 0.5) is 0 Å². The molecule has 26 heavy (non-hydrogen) atoms. The van der Waals surface area contributed by atoms with Crippen LogP contribution in [0.3, 0.4) is 0 Å². The Kier molecular flexibility index (Phi) is 4.92. The molecule has 1 aromatic carbocycles. The van der Waals surface area contributed by atoms with E-state index in [1.165, 1.54) is 4.90 Å². The Morgan fingerprint density at radius 3 is 2.73 bits per heavy atom. The summed E-state index contributed by atoms with van der Waals surface area (Å²) in [6.07, 6.45) is 1.59. The molecular formula is C18H19N5O3. The van der Waals surface area contributed by atoms with E-state index >= 15 is 0 Å². The van der Waals surface area contributed by atoms with Gasteiger partial charge in [-0.05, 0) is 26.0 Å². The zero-order valence-corrected chi connectivity index (χ0v) is 14.6. The third-order valence-corrected chi connectivity index (χ3v) is 4.20. The van der Waals surface area contributed by atoms with E-state index in [1.807, 2.05) is 30.3 Å². The van der Waals surface area contributed by atoms with E-state index in [0.717, 1.165) is 16.6 Å². The van der Waals surface area contributed by atoms with Crippen molar-refractivity contribution in [1.29, 1.82) is 0 Å². The zero-order valence-electron chi connectivity index (χ0n) is 14.6. The van der Waals surface area contributed by atoms with Crippen molar-refractivity contribution in [3.63, 3.8) is 0 Å². The maximum absolute atomic E-state index is 12.7. The standard InChI is InChI=1S/C18H19N5O3/c1-3-22(11-9-15(24)25)18(26)16-12(2)23(21-20-16)14-8-4-6-13-7-5-10-19-17(13)14/h4-8,10H,3,9,11H2,1-2H3,(H,24,25). The molecule has 0 spiro atoms. The lowest BCUT2D eigenvalue weighted by molar-refractivity contribution is -0.137. The molecule has 0 aliphatic rings. The summed E-state index contributed by atoms with van der Waals surface area (Å²) in [5.74, 6) is -1.27. The quantitative estimate of drug-likeness (QED) is 0.728. The average molecular weight is 353 g/mol. The van der Waals surface area contributed by atoms with Gasteiger partial charge in [-0.1, -0.05) is 23.4 Å². The van der Waals surface area contributed by atoms with Crippen LogP contribution in [0.5, 0.6) is 0 Å². The maximum atomic E-state index is 12.7. The number of benzene rings is 1. The number of para-hydroxylation sites is 1. The number of carbonyl (C=O) groups is 2. The molecule has 134 valence electrons. The monoisotopic (exact) mass is 353 g/mol. The SMILES string of the molecule is CCN(CCC(=O)O)C(=O)c1nnn(-c2cccc3cccnc23)c1C. The van der Waals surface area contributed by atoms with Crippen LogP contribution < -0.4 is 0 Å². The van der Waals surface area contributed by atoms with E-state index in [-0.39, 0.29) is 24.6 Å². The number of hydrogen-bond acceptors (Lipinski definition) is 5. The highest BCUT2D eigenvalue weighted by molar-refractivity contribution is 5.94. The molecule has 0 atom stereocenters. The van der Waals surface area contributed by atoms with E-state index in [0.29, 0.717) is 12.2 Å². The highest BCUT2D eigenvalue weighted by atomic mass is 16.4. The van der Waals surface area contributed by atoms with Gasteiger partial charge in [0, 0.05) is 24.7 Å². The molecule has 8 heteroatoms. The van der Waals surface area contributed by atoms with Crippen molar-refractivity contribution in [2.75, 3.05) is 13.1 Å². The van der Waals surface area contributed by atoms with E-state index in [4.69, 9.17) is 5.11 Å². The molecule has 2 heterocycles. The number of hydrogen-bond donors (Lipinski definition) is 1. The normalized spacial score (nSPS) is 10.8.